The lowest BCUT2D eigenvalue weighted by Gasteiger charge is -2.21. The molecule has 3 nitrogen and oxygen atoms in total. The summed E-state index contributed by atoms with van der Waals surface area (Å²) in [5.74, 6) is 0.552. The number of hydrogen-bond donors (Lipinski definition) is 1. The lowest BCUT2D eigenvalue weighted by molar-refractivity contribution is 0.0743. The van der Waals surface area contributed by atoms with E-state index in [1.165, 1.54) is 0 Å². The number of benzene rings is 1. The quantitative estimate of drug-likeness (QED) is 0.904. The molecule has 0 aromatic heterocycles. The lowest BCUT2D eigenvalue weighted by Crippen LogP contribution is -2.34. The van der Waals surface area contributed by atoms with Crippen molar-refractivity contribution in [1.82, 2.24) is 4.90 Å². The van der Waals surface area contributed by atoms with Gasteiger partial charge in [0.15, 0.2) is 0 Å². The molecule has 1 heterocycles. The van der Waals surface area contributed by atoms with E-state index in [-0.39, 0.29) is 24.4 Å². The van der Waals surface area contributed by atoms with Gasteiger partial charge in [-0.05, 0) is 44.0 Å². The second kappa shape index (κ2) is 6.55. The number of nitrogens with zero attached hydrogens (tertiary/aromatic N) is 1. The fourth-order valence-electron chi connectivity index (χ4n) is 2.38. The van der Waals surface area contributed by atoms with Gasteiger partial charge >= 0.3 is 0 Å². The van der Waals surface area contributed by atoms with Crippen LogP contribution in [0.15, 0.2) is 28.7 Å². The molecule has 0 aliphatic carbocycles. The van der Waals surface area contributed by atoms with E-state index in [2.05, 4.69) is 22.9 Å². The number of halogens is 2. The van der Waals surface area contributed by atoms with Crippen LogP contribution in [0.5, 0.6) is 0 Å². The van der Waals surface area contributed by atoms with Crippen LogP contribution >= 0.6 is 28.3 Å². The smallest absolute Gasteiger partial charge is 0.254 e. The summed E-state index contributed by atoms with van der Waals surface area (Å²) >= 11 is 3.39. The predicted molar refractivity (Wildman–Crippen MR) is 79.0 cm³/mol. The molecule has 1 aromatic rings. The summed E-state index contributed by atoms with van der Waals surface area (Å²) in [4.78, 5) is 14.3. The van der Waals surface area contributed by atoms with E-state index in [1.54, 1.807) is 0 Å². The SMILES string of the molecule is CC1CC(CN)CN1C(=O)c1cccc(Br)c1.Cl. The molecule has 2 atom stereocenters. The standard InChI is InChI=1S/C13H17BrN2O.ClH/c1-9-5-10(7-15)8-16(9)13(17)11-3-2-4-12(14)6-11;/h2-4,6,9-10H,5,7-8,15H2,1H3;1H. The summed E-state index contributed by atoms with van der Waals surface area (Å²) in [5, 5.41) is 0. The highest BCUT2D eigenvalue weighted by Crippen LogP contribution is 2.24. The third kappa shape index (κ3) is 3.25. The van der Waals surface area contributed by atoms with Crippen LogP contribution in [-0.4, -0.2) is 29.9 Å². The fourth-order valence-corrected chi connectivity index (χ4v) is 2.78. The van der Waals surface area contributed by atoms with E-state index < -0.39 is 0 Å². The van der Waals surface area contributed by atoms with Crippen molar-refractivity contribution < 1.29 is 4.79 Å². The Hall–Kier alpha value is -0.580. The molecule has 1 fully saturated rings. The lowest BCUT2D eigenvalue weighted by atomic mass is 10.1. The Labute approximate surface area is 122 Å². The Bertz CT molecular complexity index is 427. The number of rotatable bonds is 2. The van der Waals surface area contributed by atoms with Crippen molar-refractivity contribution in [3.8, 4) is 0 Å². The Morgan fingerprint density at radius 1 is 1.56 bits per heavy atom. The van der Waals surface area contributed by atoms with Crippen molar-refractivity contribution in [3.63, 3.8) is 0 Å². The molecule has 2 rings (SSSR count). The molecular weight excluding hydrogens is 316 g/mol. The van der Waals surface area contributed by atoms with Crippen molar-refractivity contribution in [2.24, 2.45) is 11.7 Å². The molecule has 0 saturated carbocycles. The third-order valence-corrected chi connectivity index (χ3v) is 3.82. The molecule has 1 aromatic carbocycles. The van der Waals surface area contributed by atoms with Gasteiger partial charge in [0.05, 0.1) is 0 Å². The van der Waals surface area contributed by atoms with Gasteiger partial charge in [0.25, 0.3) is 5.91 Å². The molecule has 2 N–H and O–H groups in total. The first-order valence-corrected chi connectivity index (χ1v) is 6.67. The molecule has 1 aliphatic rings. The highest BCUT2D eigenvalue weighted by molar-refractivity contribution is 9.10. The van der Waals surface area contributed by atoms with Crippen LogP contribution in [0.1, 0.15) is 23.7 Å². The third-order valence-electron chi connectivity index (χ3n) is 3.33. The van der Waals surface area contributed by atoms with Gasteiger partial charge in [-0.3, -0.25) is 4.79 Å². The van der Waals surface area contributed by atoms with Gasteiger partial charge in [0, 0.05) is 22.6 Å². The monoisotopic (exact) mass is 332 g/mol. The zero-order chi connectivity index (χ0) is 12.4. The highest BCUT2D eigenvalue weighted by Gasteiger charge is 2.31. The van der Waals surface area contributed by atoms with Gasteiger partial charge in [0.2, 0.25) is 0 Å². The first kappa shape index (κ1) is 15.5. The number of hydrogen-bond acceptors (Lipinski definition) is 2. The van der Waals surface area contributed by atoms with Crippen LogP contribution in [0.2, 0.25) is 0 Å². The number of nitrogens with two attached hydrogens (primary N) is 1. The summed E-state index contributed by atoms with van der Waals surface area (Å²) < 4.78 is 0.936. The normalized spacial score (nSPS) is 22.7. The molecule has 2 unspecified atom stereocenters. The minimum Gasteiger partial charge on any atom is -0.336 e. The average molecular weight is 334 g/mol. The van der Waals surface area contributed by atoms with Gasteiger partial charge in [-0.15, -0.1) is 12.4 Å². The van der Waals surface area contributed by atoms with Crippen molar-refractivity contribution in [3.05, 3.63) is 34.3 Å². The summed E-state index contributed by atoms with van der Waals surface area (Å²) in [6.07, 6.45) is 1.01. The predicted octanol–water partition coefficient (Wildman–Crippen LogP) is 2.68. The topological polar surface area (TPSA) is 46.3 Å². The Morgan fingerprint density at radius 3 is 2.83 bits per heavy atom. The average Bonchev–Trinajstić information content (AvgIpc) is 2.69. The van der Waals surface area contributed by atoms with E-state index in [9.17, 15) is 4.79 Å². The van der Waals surface area contributed by atoms with Gasteiger partial charge in [-0.2, -0.15) is 0 Å². The van der Waals surface area contributed by atoms with Gasteiger partial charge in [-0.25, -0.2) is 0 Å². The second-order valence-corrected chi connectivity index (χ2v) is 5.57. The van der Waals surface area contributed by atoms with Crippen LogP contribution < -0.4 is 5.73 Å². The molecule has 5 heteroatoms. The van der Waals surface area contributed by atoms with Crippen molar-refractivity contribution in [1.29, 1.82) is 0 Å². The zero-order valence-corrected chi connectivity index (χ0v) is 12.7. The molecule has 18 heavy (non-hydrogen) atoms. The first-order valence-electron chi connectivity index (χ1n) is 5.88. The number of likely N-dealkylation sites (tertiary alicyclic amines) is 1. The summed E-state index contributed by atoms with van der Waals surface area (Å²) in [6.45, 7) is 3.53. The maximum absolute atomic E-state index is 12.3. The van der Waals surface area contributed by atoms with Crippen LogP contribution in [0.4, 0.5) is 0 Å². The van der Waals surface area contributed by atoms with Gasteiger partial charge < -0.3 is 10.6 Å². The van der Waals surface area contributed by atoms with Gasteiger partial charge in [-0.1, -0.05) is 22.0 Å². The maximum atomic E-state index is 12.3. The molecular formula is C13H18BrClN2O. The van der Waals surface area contributed by atoms with Crippen molar-refractivity contribution in [2.45, 2.75) is 19.4 Å². The van der Waals surface area contributed by atoms with Crippen LogP contribution in [0.25, 0.3) is 0 Å². The Kier molecular flexibility index (Phi) is 5.63. The van der Waals surface area contributed by atoms with E-state index in [0.29, 0.717) is 12.5 Å². The van der Waals surface area contributed by atoms with Crippen LogP contribution in [0, 0.1) is 5.92 Å². The van der Waals surface area contributed by atoms with Crippen molar-refractivity contribution in [2.75, 3.05) is 13.1 Å². The molecule has 1 aliphatic heterocycles. The first-order chi connectivity index (χ1) is 8.11. The molecule has 1 saturated heterocycles. The van der Waals surface area contributed by atoms with Crippen LogP contribution in [0.3, 0.4) is 0 Å². The van der Waals surface area contributed by atoms with Crippen LogP contribution in [-0.2, 0) is 0 Å². The minimum atomic E-state index is 0. The van der Waals surface area contributed by atoms with Crippen molar-refractivity contribution >= 4 is 34.2 Å². The number of carbonyl (C=O) groups excluding carboxylic acids is 1. The van der Waals surface area contributed by atoms with E-state index >= 15 is 0 Å². The zero-order valence-electron chi connectivity index (χ0n) is 10.3. The highest BCUT2D eigenvalue weighted by atomic mass is 79.9. The van der Waals surface area contributed by atoms with E-state index in [1.807, 2.05) is 29.2 Å². The molecule has 0 spiro atoms. The second-order valence-electron chi connectivity index (χ2n) is 4.65. The summed E-state index contributed by atoms with van der Waals surface area (Å²) in [7, 11) is 0. The molecule has 1 amide bonds. The van der Waals surface area contributed by atoms with Gasteiger partial charge in [0.1, 0.15) is 0 Å². The number of amides is 1. The largest absolute Gasteiger partial charge is 0.336 e. The molecule has 100 valence electrons. The Morgan fingerprint density at radius 2 is 2.28 bits per heavy atom. The molecule has 0 radical (unpaired) electrons. The maximum Gasteiger partial charge on any atom is 0.254 e. The minimum absolute atomic E-state index is 0. The summed E-state index contributed by atoms with van der Waals surface area (Å²) in [5.41, 5.74) is 6.42. The van der Waals surface area contributed by atoms with E-state index in [4.69, 9.17) is 5.73 Å². The van der Waals surface area contributed by atoms with E-state index in [0.717, 1.165) is 23.0 Å². The summed E-state index contributed by atoms with van der Waals surface area (Å²) in [6, 6.07) is 7.82. The Balaban J connectivity index is 0.00000162. The fraction of sp³-hybridized carbons (Fsp3) is 0.462. The number of carbonyl (C=O) groups is 1. The molecule has 0 bridgehead atoms.